The van der Waals surface area contributed by atoms with Crippen LogP contribution in [0.25, 0.3) is 11.3 Å². The number of halogens is 1. The van der Waals surface area contributed by atoms with Crippen LogP contribution in [0.4, 0.5) is 9.18 Å². The number of aryl methyl sites for hydroxylation is 1. The van der Waals surface area contributed by atoms with E-state index in [2.05, 4.69) is 15.6 Å². The summed E-state index contributed by atoms with van der Waals surface area (Å²) in [5.41, 5.74) is -0.573. The fourth-order valence-corrected chi connectivity index (χ4v) is 3.60. The molecule has 3 heterocycles. The van der Waals surface area contributed by atoms with Gasteiger partial charge in [0.25, 0.3) is 5.91 Å². The van der Waals surface area contributed by atoms with E-state index >= 15 is 0 Å². The molecule has 2 aromatic rings. The zero-order chi connectivity index (χ0) is 19.7. The van der Waals surface area contributed by atoms with Crippen molar-refractivity contribution in [2.24, 2.45) is 0 Å². The van der Waals surface area contributed by atoms with Gasteiger partial charge in [0, 0.05) is 25.9 Å². The van der Waals surface area contributed by atoms with Gasteiger partial charge in [-0.05, 0) is 25.0 Å². The lowest BCUT2D eigenvalue weighted by molar-refractivity contribution is -0.135. The van der Waals surface area contributed by atoms with Gasteiger partial charge in [-0.2, -0.15) is 0 Å². The number of nitrogens with zero attached hydrogens (tertiary/aromatic N) is 2. The molecule has 9 heteroatoms. The number of carbonyl (C=O) groups excluding carboxylic acids is 3. The van der Waals surface area contributed by atoms with E-state index in [4.69, 9.17) is 4.42 Å². The number of urea groups is 1. The van der Waals surface area contributed by atoms with Crippen molar-refractivity contribution >= 4 is 17.8 Å². The number of imide groups is 1. The summed E-state index contributed by atoms with van der Waals surface area (Å²) in [5.74, 6) is -0.118. The molecule has 0 saturated carbocycles. The number of oxazole rings is 1. The first kappa shape index (κ1) is 18.1. The van der Waals surface area contributed by atoms with Gasteiger partial charge in [-0.15, -0.1) is 0 Å². The first-order valence-electron chi connectivity index (χ1n) is 9.08. The van der Waals surface area contributed by atoms with Crippen LogP contribution in [0.15, 0.2) is 34.9 Å². The molecule has 8 nitrogen and oxygen atoms in total. The van der Waals surface area contributed by atoms with Crippen molar-refractivity contribution in [1.29, 1.82) is 0 Å². The molecule has 0 radical (unpaired) electrons. The van der Waals surface area contributed by atoms with Gasteiger partial charge in [0.05, 0.1) is 11.8 Å². The number of carbonyl (C=O) groups is 3. The van der Waals surface area contributed by atoms with Crippen LogP contribution in [0.1, 0.15) is 25.2 Å². The maximum atomic E-state index is 13.8. The third-order valence-electron chi connectivity index (χ3n) is 5.23. The minimum atomic E-state index is -0.898. The number of hydrogen-bond donors (Lipinski definition) is 2. The molecule has 2 fully saturated rings. The van der Waals surface area contributed by atoms with Gasteiger partial charge in [0.2, 0.25) is 5.91 Å². The molecule has 2 saturated heterocycles. The van der Waals surface area contributed by atoms with Crippen LogP contribution in [-0.4, -0.2) is 46.4 Å². The predicted molar refractivity (Wildman–Crippen MR) is 95.4 cm³/mol. The van der Waals surface area contributed by atoms with Crippen LogP contribution in [-0.2, 0) is 16.0 Å². The van der Waals surface area contributed by atoms with Crippen molar-refractivity contribution in [3.63, 3.8) is 0 Å². The van der Waals surface area contributed by atoms with Crippen LogP contribution < -0.4 is 10.6 Å². The number of aromatic nitrogens is 1. The molecular weight excluding hydrogens is 367 g/mol. The summed E-state index contributed by atoms with van der Waals surface area (Å²) < 4.78 is 19.4. The Bertz CT molecular complexity index is 934. The summed E-state index contributed by atoms with van der Waals surface area (Å²) in [4.78, 5) is 41.6. The summed E-state index contributed by atoms with van der Waals surface area (Å²) in [6.45, 7) is 0.775. The SMILES string of the molecule is O=C1NC(=O)C2(CCN(C(=O)CCc3ncc(-c4ccccc4F)o3)CC2)N1. The lowest BCUT2D eigenvalue weighted by Gasteiger charge is -2.37. The van der Waals surface area contributed by atoms with E-state index in [1.165, 1.54) is 12.3 Å². The van der Waals surface area contributed by atoms with Gasteiger partial charge in [-0.1, -0.05) is 12.1 Å². The van der Waals surface area contributed by atoms with E-state index in [1.54, 1.807) is 23.1 Å². The Balaban J connectivity index is 1.32. The van der Waals surface area contributed by atoms with E-state index in [-0.39, 0.29) is 18.2 Å². The number of hydrogen-bond acceptors (Lipinski definition) is 5. The number of piperidine rings is 1. The van der Waals surface area contributed by atoms with Crippen LogP contribution in [0.5, 0.6) is 0 Å². The molecule has 0 atom stereocenters. The third kappa shape index (κ3) is 3.35. The molecule has 4 amide bonds. The number of rotatable bonds is 4. The zero-order valence-corrected chi connectivity index (χ0v) is 15.0. The Morgan fingerprint density at radius 3 is 2.68 bits per heavy atom. The van der Waals surface area contributed by atoms with Crippen molar-refractivity contribution in [2.45, 2.75) is 31.2 Å². The first-order chi connectivity index (χ1) is 13.5. The van der Waals surface area contributed by atoms with Crippen molar-refractivity contribution in [1.82, 2.24) is 20.5 Å². The van der Waals surface area contributed by atoms with E-state index in [0.29, 0.717) is 49.6 Å². The highest BCUT2D eigenvalue weighted by atomic mass is 19.1. The fourth-order valence-electron chi connectivity index (χ4n) is 3.60. The lowest BCUT2D eigenvalue weighted by atomic mass is 9.87. The molecular formula is C19H19FN4O4. The van der Waals surface area contributed by atoms with Crippen molar-refractivity contribution in [3.8, 4) is 11.3 Å². The Labute approximate surface area is 160 Å². The van der Waals surface area contributed by atoms with E-state index in [0.717, 1.165) is 0 Å². The highest BCUT2D eigenvalue weighted by molar-refractivity contribution is 6.07. The maximum absolute atomic E-state index is 13.8. The summed E-state index contributed by atoms with van der Waals surface area (Å²) in [6, 6.07) is 5.77. The van der Waals surface area contributed by atoms with E-state index < -0.39 is 17.4 Å². The Morgan fingerprint density at radius 1 is 1.25 bits per heavy atom. The molecule has 1 spiro atoms. The lowest BCUT2D eigenvalue weighted by Crippen LogP contribution is -2.55. The average molecular weight is 386 g/mol. The smallest absolute Gasteiger partial charge is 0.322 e. The Hall–Kier alpha value is -3.23. The van der Waals surface area contributed by atoms with E-state index in [9.17, 15) is 18.8 Å². The predicted octanol–water partition coefficient (Wildman–Crippen LogP) is 1.61. The van der Waals surface area contributed by atoms with Crippen molar-refractivity contribution in [2.75, 3.05) is 13.1 Å². The van der Waals surface area contributed by atoms with Crippen LogP contribution in [0.3, 0.4) is 0 Å². The molecule has 2 N–H and O–H groups in total. The monoisotopic (exact) mass is 386 g/mol. The van der Waals surface area contributed by atoms with Gasteiger partial charge >= 0.3 is 6.03 Å². The molecule has 0 unspecified atom stereocenters. The first-order valence-corrected chi connectivity index (χ1v) is 9.08. The molecule has 1 aromatic heterocycles. The highest BCUT2D eigenvalue weighted by Crippen LogP contribution is 2.26. The van der Waals surface area contributed by atoms with Crippen LogP contribution in [0, 0.1) is 5.82 Å². The molecule has 2 aliphatic rings. The standard InChI is InChI=1S/C19H19FN4O4/c20-13-4-2-1-3-12(13)14-11-21-15(28-14)5-6-16(25)24-9-7-19(8-10-24)17(26)22-18(27)23-19/h1-4,11H,5-10H2,(H2,22,23,26,27). The zero-order valence-electron chi connectivity index (χ0n) is 15.0. The van der Waals surface area contributed by atoms with Crippen LogP contribution >= 0.6 is 0 Å². The average Bonchev–Trinajstić information content (AvgIpc) is 3.25. The van der Waals surface area contributed by atoms with Gasteiger partial charge in [0.15, 0.2) is 11.7 Å². The van der Waals surface area contributed by atoms with Crippen molar-refractivity contribution in [3.05, 3.63) is 42.2 Å². The second-order valence-electron chi connectivity index (χ2n) is 6.97. The quantitative estimate of drug-likeness (QED) is 0.777. The van der Waals surface area contributed by atoms with Gasteiger partial charge in [-0.25, -0.2) is 14.2 Å². The summed E-state index contributed by atoms with van der Waals surface area (Å²) in [7, 11) is 0. The van der Waals surface area contributed by atoms with Gasteiger partial charge in [-0.3, -0.25) is 14.9 Å². The Morgan fingerprint density at radius 2 is 2.00 bits per heavy atom. The second kappa shape index (κ2) is 7.06. The maximum Gasteiger partial charge on any atom is 0.322 e. The summed E-state index contributed by atoms with van der Waals surface area (Å²) in [5, 5.41) is 4.91. The number of amides is 4. The minimum absolute atomic E-state index is 0.0785. The largest absolute Gasteiger partial charge is 0.441 e. The molecule has 0 aliphatic carbocycles. The van der Waals surface area contributed by atoms with Crippen LogP contribution in [0.2, 0.25) is 0 Å². The number of likely N-dealkylation sites (tertiary alicyclic amines) is 1. The highest BCUT2D eigenvalue weighted by Gasteiger charge is 2.48. The normalized spacial score (nSPS) is 18.2. The van der Waals surface area contributed by atoms with Gasteiger partial charge in [0.1, 0.15) is 11.4 Å². The molecule has 28 heavy (non-hydrogen) atoms. The minimum Gasteiger partial charge on any atom is -0.441 e. The fraction of sp³-hybridized carbons (Fsp3) is 0.368. The molecule has 1 aromatic carbocycles. The number of nitrogens with one attached hydrogen (secondary N) is 2. The second-order valence-corrected chi connectivity index (χ2v) is 6.97. The van der Waals surface area contributed by atoms with E-state index in [1.807, 2.05) is 0 Å². The molecule has 146 valence electrons. The third-order valence-corrected chi connectivity index (χ3v) is 5.23. The topological polar surface area (TPSA) is 105 Å². The van der Waals surface area contributed by atoms with Crippen molar-refractivity contribution < 1.29 is 23.2 Å². The molecule has 4 rings (SSSR count). The molecule has 2 aliphatic heterocycles. The van der Waals surface area contributed by atoms with Gasteiger partial charge < -0.3 is 14.6 Å². The summed E-state index contributed by atoms with van der Waals surface area (Å²) in [6.07, 6.45) is 2.71. The number of benzene rings is 1. The summed E-state index contributed by atoms with van der Waals surface area (Å²) >= 11 is 0. The Kier molecular flexibility index (Phi) is 4.58. The molecule has 0 bridgehead atoms.